The number of allylic oxidation sites excluding steroid dienone is 4. The summed E-state index contributed by atoms with van der Waals surface area (Å²) in [4.78, 5) is 0. The van der Waals surface area contributed by atoms with Gasteiger partial charge < -0.3 is 4.43 Å². The summed E-state index contributed by atoms with van der Waals surface area (Å²) in [6.07, 6.45) is 7.75. The van der Waals surface area contributed by atoms with Gasteiger partial charge in [0.25, 0.3) is 0 Å². The Balaban J connectivity index is 2.28. The SMILES string of the molecule is CC(C)(C)O[SiH2]C1=CCC=C1. The second kappa shape index (κ2) is 3.37. The summed E-state index contributed by atoms with van der Waals surface area (Å²) in [6.45, 7) is 6.33. The summed E-state index contributed by atoms with van der Waals surface area (Å²) in [6, 6.07) is 0. The molecule has 0 aromatic heterocycles. The molecular formula is C9H16OSi. The monoisotopic (exact) mass is 168 g/mol. The standard InChI is InChI=1S/C9H16OSi/c1-9(2,3)10-11-8-6-4-5-7-8/h4,6-7H,5,11H2,1-3H3. The zero-order chi connectivity index (χ0) is 8.32. The van der Waals surface area contributed by atoms with E-state index in [4.69, 9.17) is 4.43 Å². The minimum atomic E-state index is -0.442. The smallest absolute Gasteiger partial charge is 0.192 e. The van der Waals surface area contributed by atoms with Crippen molar-refractivity contribution in [1.29, 1.82) is 0 Å². The molecule has 0 aromatic carbocycles. The first-order chi connectivity index (χ1) is 5.08. The van der Waals surface area contributed by atoms with E-state index in [1.807, 2.05) is 0 Å². The van der Waals surface area contributed by atoms with Gasteiger partial charge in [0.1, 0.15) is 0 Å². The van der Waals surface area contributed by atoms with Gasteiger partial charge in [-0.3, -0.25) is 0 Å². The fourth-order valence-corrected chi connectivity index (χ4v) is 2.06. The predicted molar refractivity (Wildman–Crippen MR) is 51.2 cm³/mol. The Morgan fingerprint density at radius 3 is 2.64 bits per heavy atom. The maximum absolute atomic E-state index is 5.73. The lowest BCUT2D eigenvalue weighted by Gasteiger charge is -2.19. The summed E-state index contributed by atoms with van der Waals surface area (Å²) in [7, 11) is -0.442. The molecule has 1 aliphatic rings. The summed E-state index contributed by atoms with van der Waals surface area (Å²) in [5, 5.41) is 1.44. The molecule has 2 heteroatoms. The van der Waals surface area contributed by atoms with Gasteiger partial charge in [0.15, 0.2) is 9.76 Å². The highest BCUT2D eigenvalue weighted by Gasteiger charge is 2.10. The van der Waals surface area contributed by atoms with E-state index in [1.54, 1.807) is 0 Å². The highest BCUT2D eigenvalue weighted by Crippen LogP contribution is 2.12. The zero-order valence-electron chi connectivity index (χ0n) is 7.55. The van der Waals surface area contributed by atoms with Crippen molar-refractivity contribution in [3.8, 4) is 0 Å². The van der Waals surface area contributed by atoms with E-state index in [0.717, 1.165) is 6.42 Å². The fraction of sp³-hybridized carbons (Fsp3) is 0.556. The third-order valence-corrected chi connectivity index (χ3v) is 3.39. The van der Waals surface area contributed by atoms with Gasteiger partial charge in [0.2, 0.25) is 0 Å². The lowest BCUT2D eigenvalue weighted by Crippen LogP contribution is -2.22. The Labute approximate surface area is 71.1 Å². The van der Waals surface area contributed by atoms with Crippen LogP contribution in [0.3, 0.4) is 0 Å². The van der Waals surface area contributed by atoms with E-state index in [0.29, 0.717) is 0 Å². The molecule has 0 radical (unpaired) electrons. The van der Waals surface area contributed by atoms with E-state index < -0.39 is 9.76 Å². The van der Waals surface area contributed by atoms with Crippen molar-refractivity contribution in [1.82, 2.24) is 0 Å². The second-order valence-corrected chi connectivity index (χ2v) is 5.21. The van der Waals surface area contributed by atoms with Gasteiger partial charge in [-0.2, -0.15) is 0 Å². The molecule has 0 amide bonds. The molecule has 0 saturated heterocycles. The third kappa shape index (κ3) is 3.53. The average Bonchev–Trinajstić information content (AvgIpc) is 2.32. The minimum absolute atomic E-state index is 0.0451. The first-order valence-electron chi connectivity index (χ1n) is 4.07. The normalized spacial score (nSPS) is 18.3. The molecule has 0 saturated carbocycles. The van der Waals surface area contributed by atoms with Gasteiger partial charge in [-0.25, -0.2) is 0 Å². The van der Waals surface area contributed by atoms with E-state index in [1.165, 1.54) is 5.20 Å². The van der Waals surface area contributed by atoms with Crippen LogP contribution in [-0.4, -0.2) is 15.4 Å². The summed E-state index contributed by atoms with van der Waals surface area (Å²) < 4.78 is 5.73. The molecule has 0 heterocycles. The molecular weight excluding hydrogens is 152 g/mol. The predicted octanol–water partition coefficient (Wildman–Crippen LogP) is 1.73. The maximum atomic E-state index is 5.73. The second-order valence-electron chi connectivity index (χ2n) is 3.82. The largest absolute Gasteiger partial charge is 0.414 e. The Morgan fingerprint density at radius 2 is 2.18 bits per heavy atom. The first kappa shape index (κ1) is 8.75. The molecule has 0 unspecified atom stereocenters. The van der Waals surface area contributed by atoms with Crippen LogP contribution in [0.1, 0.15) is 27.2 Å². The van der Waals surface area contributed by atoms with Crippen LogP contribution in [0.5, 0.6) is 0 Å². The quantitative estimate of drug-likeness (QED) is 0.571. The summed E-state index contributed by atoms with van der Waals surface area (Å²) in [5.41, 5.74) is 0.0451. The summed E-state index contributed by atoms with van der Waals surface area (Å²) in [5.74, 6) is 0. The van der Waals surface area contributed by atoms with Crippen LogP contribution in [0.15, 0.2) is 23.4 Å². The molecule has 62 valence electrons. The van der Waals surface area contributed by atoms with E-state index in [-0.39, 0.29) is 5.60 Å². The number of hydrogen-bond acceptors (Lipinski definition) is 1. The van der Waals surface area contributed by atoms with Crippen LogP contribution in [0.4, 0.5) is 0 Å². The fourth-order valence-electron chi connectivity index (χ4n) is 0.914. The highest BCUT2D eigenvalue weighted by molar-refractivity contribution is 6.39. The van der Waals surface area contributed by atoms with Crippen LogP contribution < -0.4 is 0 Å². The van der Waals surface area contributed by atoms with Gasteiger partial charge in [0.05, 0.1) is 0 Å². The topological polar surface area (TPSA) is 9.23 Å². The van der Waals surface area contributed by atoms with Crippen molar-refractivity contribution in [2.24, 2.45) is 0 Å². The van der Waals surface area contributed by atoms with Crippen molar-refractivity contribution in [2.75, 3.05) is 0 Å². The molecule has 1 aliphatic carbocycles. The van der Waals surface area contributed by atoms with E-state index >= 15 is 0 Å². The maximum Gasteiger partial charge on any atom is 0.192 e. The molecule has 0 fully saturated rings. The molecule has 1 nitrogen and oxygen atoms in total. The van der Waals surface area contributed by atoms with E-state index in [2.05, 4.69) is 39.0 Å². The number of rotatable bonds is 2. The molecule has 11 heavy (non-hydrogen) atoms. The zero-order valence-corrected chi connectivity index (χ0v) is 8.97. The summed E-state index contributed by atoms with van der Waals surface area (Å²) >= 11 is 0. The minimum Gasteiger partial charge on any atom is -0.414 e. The van der Waals surface area contributed by atoms with Gasteiger partial charge in [-0.1, -0.05) is 18.2 Å². The van der Waals surface area contributed by atoms with Crippen molar-refractivity contribution >= 4 is 9.76 Å². The van der Waals surface area contributed by atoms with Gasteiger partial charge in [0, 0.05) is 5.60 Å². The molecule has 1 rings (SSSR count). The van der Waals surface area contributed by atoms with Crippen LogP contribution in [0.25, 0.3) is 0 Å². The van der Waals surface area contributed by atoms with Crippen molar-refractivity contribution < 1.29 is 4.43 Å². The van der Waals surface area contributed by atoms with Crippen LogP contribution in [-0.2, 0) is 4.43 Å². The Hall–Kier alpha value is -0.343. The molecule has 0 N–H and O–H groups in total. The van der Waals surface area contributed by atoms with Gasteiger partial charge >= 0.3 is 0 Å². The van der Waals surface area contributed by atoms with Crippen LogP contribution >= 0.6 is 0 Å². The number of hydrogen-bond donors (Lipinski definition) is 0. The van der Waals surface area contributed by atoms with Gasteiger partial charge in [-0.05, 0) is 32.4 Å². The van der Waals surface area contributed by atoms with Crippen molar-refractivity contribution in [3.05, 3.63) is 23.4 Å². The first-order valence-corrected chi connectivity index (χ1v) is 5.36. The average molecular weight is 168 g/mol. The Kier molecular flexibility index (Phi) is 2.68. The molecule has 0 aromatic rings. The molecule has 0 aliphatic heterocycles. The molecule has 0 atom stereocenters. The van der Waals surface area contributed by atoms with Crippen LogP contribution in [0.2, 0.25) is 0 Å². The molecule has 0 bridgehead atoms. The Bertz CT molecular complexity index is 186. The lowest BCUT2D eigenvalue weighted by molar-refractivity contribution is 0.141. The Morgan fingerprint density at radius 1 is 1.45 bits per heavy atom. The van der Waals surface area contributed by atoms with E-state index in [9.17, 15) is 0 Å². The van der Waals surface area contributed by atoms with Crippen LogP contribution in [0, 0.1) is 0 Å². The lowest BCUT2D eigenvalue weighted by atomic mass is 10.2. The third-order valence-electron chi connectivity index (χ3n) is 1.52. The molecule has 0 spiro atoms. The van der Waals surface area contributed by atoms with Crippen molar-refractivity contribution in [3.63, 3.8) is 0 Å². The van der Waals surface area contributed by atoms with Crippen molar-refractivity contribution in [2.45, 2.75) is 32.8 Å². The highest BCUT2D eigenvalue weighted by atomic mass is 28.2. The van der Waals surface area contributed by atoms with Gasteiger partial charge in [-0.15, -0.1) is 0 Å².